The summed E-state index contributed by atoms with van der Waals surface area (Å²) in [6.45, 7) is 0.491. The SMILES string of the molecule is NCCCC[C@H](NC(Cl)C(=O)N(c1ccccc1)c1ccccc1)C(=O)O. The van der Waals surface area contributed by atoms with Gasteiger partial charge in [-0.25, -0.2) is 0 Å². The fraction of sp³-hybridized carbons (Fsp3) is 0.300. The quantitative estimate of drug-likeness (QED) is 0.329. The van der Waals surface area contributed by atoms with Crippen LogP contribution in [0.3, 0.4) is 0 Å². The van der Waals surface area contributed by atoms with E-state index in [9.17, 15) is 14.7 Å². The number of benzene rings is 2. The molecule has 0 aliphatic heterocycles. The zero-order valence-electron chi connectivity index (χ0n) is 14.9. The first kappa shape index (κ1) is 20.9. The van der Waals surface area contributed by atoms with Crippen LogP contribution in [-0.2, 0) is 9.59 Å². The molecule has 0 radical (unpaired) electrons. The Balaban J connectivity index is 2.20. The number of anilines is 2. The van der Waals surface area contributed by atoms with E-state index in [2.05, 4.69) is 5.32 Å². The molecule has 2 atom stereocenters. The normalized spacial score (nSPS) is 13.0. The molecule has 0 saturated carbocycles. The van der Waals surface area contributed by atoms with E-state index in [0.717, 1.165) is 0 Å². The number of nitrogens with one attached hydrogen (secondary N) is 1. The maximum atomic E-state index is 13.1. The number of carbonyl (C=O) groups excluding carboxylic acids is 1. The van der Waals surface area contributed by atoms with Crippen molar-refractivity contribution in [1.29, 1.82) is 0 Å². The second-order valence-corrected chi connectivity index (χ2v) is 6.49. The molecule has 1 amide bonds. The summed E-state index contributed by atoms with van der Waals surface area (Å²) in [5, 5.41) is 12.1. The third-order valence-electron chi connectivity index (χ3n) is 4.06. The van der Waals surface area contributed by atoms with Crippen molar-refractivity contribution < 1.29 is 14.7 Å². The lowest BCUT2D eigenvalue weighted by atomic mass is 10.1. The molecule has 0 saturated heterocycles. The van der Waals surface area contributed by atoms with Gasteiger partial charge in [-0.3, -0.25) is 19.8 Å². The molecule has 2 aromatic carbocycles. The number of aliphatic carboxylic acids is 1. The van der Waals surface area contributed by atoms with Crippen molar-refractivity contribution in [3.05, 3.63) is 60.7 Å². The zero-order chi connectivity index (χ0) is 19.6. The van der Waals surface area contributed by atoms with Crippen molar-refractivity contribution in [3.8, 4) is 0 Å². The van der Waals surface area contributed by atoms with Gasteiger partial charge in [0, 0.05) is 11.4 Å². The van der Waals surface area contributed by atoms with Crippen LogP contribution >= 0.6 is 11.6 Å². The molecule has 0 aliphatic carbocycles. The van der Waals surface area contributed by atoms with Crippen LogP contribution in [0.25, 0.3) is 0 Å². The fourth-order valence-corrected chi connectivity index (χ4v) is 2.94. The highest BCUT2D eigenvalue weighted by Crippen LogP contribution is 2.26. The minimum Gasteiger partial charge on any atom is -0.480 e. The predicted octanol–water partition coefficient (Wildman–Crippen LogP) is 3.09. The number of nitrogens with zero attached hydrogens (tertiary/aromatic N) is 1. The van der Waals surface area contributed by atoms with E-state index in [-0.39, 0.29) is 0 Å². The Hall–Kier alpha value is -2.41. The zero-order valence-corrected chi connectivity index (χ0v) is 15.7. The Kier molecular flexibility index (Phi) is 8.26. The van der Waals surface area contributed by atoms with Crippen LogP contribution in [0.15, 0.2) is 60.7 Å². The van der Waals surface area contributed by atoms with Crippen molar-refractivity contribution in [3.63, 3.8) is 0 Å². The number of carbonyl (C=O) groups is 2. The van der Waals surface area contributed by atoms with Gasteiger partial charge < -0.3 is 10.8 Å². The maximum Gasteiger partial charge on any atom is 0.320 e. The number of hydrogen-bond acceptors (Lipinski definition) is 4. The van der Waals surface area contributed by atoms with E-state index in [0.29, 0.717) is 37.2 Å². The summed E-state index contributed by atoms with van der Waals surface area (Å²) in [5.74, 6) is -1.49. The third kappa shape index (κ3) is 6.06. The Morgan fingerprint density at radius 2 is 1.52 bits per heavy atom. The molecule has 1 unspecified atom stereocenters. The molecule has 144 valence electrons. The second kappa shape index (κ2) is 10.7. The minimum atomic E-state index is -1.19. The number of rotatable bonds is 10. The molecular formula is C20H24ClN3O3. The Labute approximate surface area is 163 Å². The third-order valence-corrected chi connectivity index (χ3v) is 4.37. The van der Waals surface area contributed by atoms with Gasteiger partial charge in [0.25, 0.3) is 5.91 Å². The molecule has 0 aliphatic rings. The number of amides is 1. The molecule has 6 nitrogen and oxygen atoms in total. The summed E-state index contributed by atoms with van der Waals surface area (Å²) in [7, 11) is 0. The molecular weight excluding hydrogens is 366 g/mol. The summed E-state index contributed by atoms with van der Waals surface area (Å²) in [5.41, 5.74) is 5.56. The first-order valence-corrected chi connectivity index (χ1v) is 9.25. The van der Waals surface area contributed by atoms with Crippen LogP contribution in [0.5, 0.6) is 0 Å². The van der Waals surface area contributed by atoms with Crippen LogP contribution < -0.4 is 16.0 Å². The largest absolute Gasteiger partial charge is 0.480 e. The maximum absolute atomic E-state index is 13.1. The van der Waals surface area contributed by atoms with Crippen LogP contribution in [0.1, 0.15) is 19.3 Å². The number of carboxylic acid groups (broad SMARTS) is 1. The number of hydrogen-bond donors (Lipinski definition) is 3. The van der Waals surface area contributed by atoms with E-state index < -0.39 is 23.4 Å². The second-order valence-electron chi connectivity index (χ2n) is 6.05. The van der Waals surface area contributed by atoms with E-state index in [4.69, 9.17) is 17.3 Å². The number of alkyl halides is 1. The molecule has 7 heteroatoms. The number of unbranched alkanes of at least 4 members (excludes halogenated alkanes) is 1. The highest BCUT2D eigenvalue weighted by atomic mass is 35.5. The summed E-state index contributed by atoms with van der Waals surface area (Å²) in [6, 6.07) is 17.3. The Morgan fingerprint density at radius 1 is 1.00 bits per heavy atom. The number of carboxylic acids is 1. The molecule has 2 aromatic rings. The Morgan fingerprint density at radius 3 is 1.96 bits per heavy atom. The predicted molar refractivity (Wildman–Crippen MR) is 107 cm³/mol. The highest BCUT2D eigenvalue weighted by Gasteiger charge is 2.29. The van der Waals surface area contributed by atoms with Crippen molar-refractivity contribution >= 4 is 34.9 Å². The molecule has 2 rings (SSSR count). The first-order chi connectivity index (χ1) is 13.0. The molecule has 0 bridgehead atoms. The van der Waals surface area contributed by atoms with Crippen molar-refractivity contribution in [2.24, 2.45) is 5.73 Å². The number of halogens is 1. The summed E-state index contributed by atoms with van der Waals surface area (Å²) in [6.07, 6.45) is 1.70. The van der Waals surface area contributed by atoms with Crippen molar-refractivity contribution in [2.75, 3.05) is 11.4 Å². The van der Waals surface area contributed by atoms with Crippen LogP contribution in [0, 0.1) is 0 Å². The van der Waals surface area contributed by atoms with E-state index >= 15 is 0 Å². The average Bonchev–Trinajstić information content (AvgIpc) is 2.69. The van der Waals surface area contributed by atoms with E-state index in [1.807, 2.05) is 36.4 Å². The van der Waals surface area contributed by atoms with Gasteiger partial charge in [-0.1, -0.05) is 54.4 Å². The number of nitrogens with two attached hydrogens (primary N) is 1. The van der Waals surface area contributed by atoms with E-state index in [1.165, 1.54) is 4.90 Å². The van der Waals surface area contributed by atoms with Crippen LogP contribution in [-0.4, -0.2) is 35.1 Å². The highest BCUT2D eigenvalue weighted by molar-refractivity contribution is 6.33. The van der Waals surface area contributed by atoms with Gasteiger partial charge in [-0.15, -0.1) is 0 Å². The van der Waals surface area contributed by atoms with Gasteiger partial charge in [-0.2, -0.15) is 0 Å². The van der Waals surface area contributed by atoms with Crippen LogP contribution in [0.2, 0.25) is 0 Å². The molecule has 0 heterocycles. The topological polar surface area (TPSA) is 95.7 Å². The lowest BCUT2D eigenvalue weighted by Crippen LogP contribution is -2.48. The van der Waals surface area contributed by atoms with Crippen molar-refractivity contribution in [1.82, 2.24) is 5.32 Å². The van der Waals surface area contributed by atoms with Gasteiger partial charge in [0.1, 0.15) is 6.04 Å². The van der Waals surface area contributed by atoms with E-state index in [1.54, 1.807) is 24.3 Å². The van der Waals surface area contributed by atoms with Crippen molar-refractivity contribution in [2.45, 2.75) is 30.8 Å². The Bertz CT molecular complexity index is 688. The fourth-order valence-electron chi connectivity index (χ4n) is 2.69. The average molecular weight is 390 g/mol. The number of para-hydroxylation sites is 2. The summed E-state index contributed by atoms with van der Waals surface area (Å²) < 4.78 is 0. The van der Waals surface area contributed by atoms with Crippen LogP contribution in [0.4, 0.5) is 11.4 Å². The molecule has 0 spiro atoms. The van der Waals surface area contributed by atoms with Gasteiger partial charge in [0.15, 0.2) is 5.50 Å². The molecule has 0 aromatic heterocycles. The smallest absolute Gasteiger partial charge is 0.320 e. The van der Waals surface area contributed by atoms with Gasteiger partial charge in [-0.05, 0) is 43.7 Å². The molecule has 0 fully saturated rings. The summed E-state index contributed by atoms with van der Waals surface area (Å²) >= 11 is 6.29. The minimum absolute atomic E-state index is 0.347. The van der Waals surface area contributed by atoms with Gasteiger partial charge in [0.2, 0.25) is 0 Å². The molecule has 4 N–H and O–H groups in total. The van der Waals surface area contributed by atoms with Gasteiger partial charge >= 0.3 is 5.97 Å². The summed E-state index contributed by atoms with van der Waals surface area (Å²) in [4.78, 5) is 26.0. The van der Waals surface area contributed by atoms with Gasteiger partial charge in [0.05, 0.1) is 0 Å². The standard InChI is InChI=1S/C20H24ClN3O3/c21-18(23-17(20(26)27)13-7-8-14-22)19(25)24(15-9-3-1-4-10-15)16-11-5-2-6-12-16/h1-6,9-12,17-18,23H,7-8,13-14,22H2,(H,26,27)/t17-,18?/m0/s1. The lowest BCUT2D eigenvalue weighted by Gasteiger charge is -2.27. The first-order valence-electron chi connectivity index (χ1n) is 8.81. The lowest BCUT2D eigenvalue weighted by molar-refractivity contribution is -0.139. The monoisotopic (exact) mass is 389 g/mol. The molecule has 27 heavy (non-hydrogen) atoms.